The van der Waals surface area contributed by atoms with Crippen LogP contribution in [0.3, 0.4) is 0 Å². The Labute approximate surface area is 122 Å². The fourth-order valence-electron chi connectivity index (χ4n) is 1.98. The maximum atomic E-state index is 11.8. The van der Waals surface area contributed by atoms with Crippen molar-refractivity contribution in [1.82, 2.24) is 9.97 Å². The van der Waals surface area contributed by atoms with E-state index in [4.69, 9.17) is 4.74 Å². The lowest BCUT2D eigenvalue weighted by Crippen LogP contribution is -2.15. The van der Waals surface area contributed by atoms with Gasteiger partial charge in [-0.1, -0.05) is 30.3 Å². The van der Waals surface area contributed by atoms with Crippen molar-refractivity contribution in [2.45, 2.75) is 6.42 Å². The van der Waals surface area contributed by atoms with E-state index >= 15 is 0 Å². The molecule has 0 spiro atoms. The minimum Gasteiger partial charge on any atom is -0.493 e. The van der Waals surface area contributed by atoms with Gasteiger partial charge in [0.05, 0.1) is 24.1 Å². The first-order chi connectivity index (χ1) is 10.3. The highest BCUT2D eigenvalue weighted by atomic mass is 16.5. The van der Waals surface area contributed by atoms with Crippen molar-refractivity contribution in [3.8, 4) is 5.75 Å². The van der Waals surface area contributed by atoms with E-state index in [9.17, 15) is 4.79 Å². The Bertz CT molecular complexity index is 704. The molecule has 0 radical (unpaired) electrons. The fraction of sp³-hybridized carbons (Fsp3) is 0.125. The van der Waals surface area contributed by atoms with Gasteiger partial charge in [0.1, 0.15) is 5.75 Å². The maximum absolute atomic E-state index is 11.8. The highest BCUT2D eigenvalue weighted by Gasteiger charge is 2.06. The Morgan fingerprint density at radius 2 is 1.86 bits per heavy atom. The number of imidazole rings is 1. The van der Waals surface area contributed by atoms with Crippen LogP contribution in [0.1, 0.15) is 6.42 Å². The number of hydrogen-bond acceptors (Lipinski definition) is 3. The minimum absolute atomic E-state index is 0.134. The number of para-hydroxylation sites is 3. The molecule has 0 aliphatic rings. The lowest BCUT2D eigenvalue weighted by Gasteiger charge is -2.05. The molecular weight excluding hydrogens is 266 g/mol. The van der Waals surface area contributed by atoms with Crippen molar-refractivity contribution in [1.29, 1.82) is 0 Å². The highest BCUT2D eigenvalue weighted by molar-refractivity contribution is 5.91. The van der Waals surface area contributed by atoms with E-state index in [1.54, 1.807) is 0 Å². The zero-order chi connectivity index (χ0) is 14.5. The number of nitrogens with zero attached hydrogens (tertiary/aromatic N) is 1. The highest BCUT2D eigenvalue weighted by Crippen LogP contribution is 2.13. The minimum atomic E-state index is -0.134. The summed E-state index contributed by atoms with van der Waals surface area (Å²) in [4.78, 5) is 19.2. The van der Waals surface area contributed by atoms with Gasteiger partial charge in [-0.05, 0) is 24.3 Å². The standard InChI is InChI=1S/C16H15N3O2/c20-15(10-11-21-12-6-2-1-3-7-12)19-16-17-13-8-4-5-9-14(13)18-16/h1-9H,10-11H2,(H2,17,18,19,20). The van der Waals surface area contributed by atoms with E-state index in [0.29, 0.717) is 12.6 Å². The van der Waals surface area contributed by atoms with Crippen LogP contribution in [0.25, 0.3) is 11.0 Å². The molecule has 0 fully saturated rings. The Morgan fingerprint density at radius 3 is 2.67 bits per heavy atom. The zero-order valence-electron chi connectivity index (χ0n) is 11.4. The molecule has 0 bridgehead atoms. The van der Waals surface area contributed by atoms with Crippen molar-refractivity contribution in [2.24, 2.45) is 0 Å². The molecule has 1 amide bonds. The van der Waals surface area contributed by atoms with Crippen LogP contribution in [-0.4, -0.2) is 22.5 Å². The van der Waals surface area contributed by atoms with Gasteiger partial charge in [-0.15, -0.1) is 0 Å². The largest absolute Gasteiger partial charge is 0.493 e. The van der Waals surface area contributed by atoms with E-state index in [-0.39, 0.29) is 12.3 Å². The molecule has 21 heavy (non-hydrogen) atoms. The van der Waals surface area contributed by atoms with E-state index in [2.05, 4.69) is 15.3 Å². The topological polar surface area (TPSA) is 67.0 Å². The summed E-state index contributed by atoms with van der Waals surface area (Å²) in [6, 6.07) is 17.0. The first-order valence-corrected chi connectivity index (χ1v) is 6.74. The summed E-state index contributed by atoms with van der Waals surface area (Å²) in [6.45, 7) is 0.329. The van der Waals surface area contributed by atoms with Gasteiger partial charge in [0.15, 0.2) is 0 Å². The molecule has 0 saturated carbocycles. The quantitative estimate of drug-likeness (QED) is 0.755. The Kier molecular flexibility index (Phi) is 3.82. The molecule has 3 aromatic rings. The summed E-state index contributed by atoms with van der Waals surface area (Å²) in [6.07, 6.45) is 0.270. The van der Waals surface area contributed by atoms with Gasteiger partial charge in [-0.2, -0.15) is 0 Å². The van der Waals surface area contributed by atoms with Crippen LogP contribution in [0, 0.1) is 0 Å². The van der Waals surface area contributed by atoms with E-state index in [1.807, 2.05) is 54.6 Å². The molecule has 1 aromatic heterocycles. The Morgan fingerprint density at radius 1 is 1.10 bits per heavy atom. The third-order valence-electron chi connectivity index (χ3n) is 2.99. The monoisotopic (exact) mass is 281 g/mol. The predicted molar refractivity (Wildman–Crippen MR) is 81.3 cm³/mol. The van der Waals surface area contributed by atoms with Crippen LogP contribution in [0.15, 0.2) is 54.6 Å². The summed E-state index contributed by atoms with van der Waals surface area (Å²) < 4.78 is 5.48. The molecule has 3 rings (SSSR count). The van der Waals surface area contributed by atoms with Crippen LogP contribution in [0.2, 0.25) is 0 Å². The number of carbonyl (C=O) groups is 1. The van der Waals surface area contributed by atoms with Gasteiger partial charge >= 0.3 is 0 Å². The second-order valence-electron chi connectivity index (χ2n) is 4.56. The van der Waals surface area contributed by atoms with Gasteiger partial charge in [0, 0.05) is 0 Å². The molecule has 0 unspecified atom stereocenters. The second-order valence-corrected chi connectivity index (χ2v) is 4.56. The van der Waals surface area contributed by atoms with Crippen molar-refractivity contribution in [3.05, 3.63) is 54.6 Å². The number of ether oxygens (including phenoxy) is 1. The molecule has 5 heteroatoms. The number of rotatable bonds is 5. The third-order valence-corrected chi connectivity index (χ3v) is 2.99. The van der Waals surface area contributed by atoms with Crippen molar-refractivity contribution in [2.75, 3.05) is 11.9 Å². The summed E-state index contributed by atoms with van der Waals surface area (Å²) in [7, 11) is 0. The number of aromatic nitrogens is 2. The normalized spacial score (nSPS) is 10.5. The molecule has 0 atom stereocenters. The number of anilines is 1. The van der Waals surface area contributed by atoms with Gasteiger partial charge in [0.25, 0.3) is 0 Å². The van der Waals surface area contributed by atoms with E-state index in [1.165, 1.54) is 0 Å². The summed E-state index contributed by atoms with van der Waals surface area (Å²) in [5.41, 5.74) is 1.72. The lowest BCUT2D eigenvalue weighted by atomic mass is 10.3. The molecule has 0 saturated heterocycles. The smallest absolute Gasteiger partial charge is 0.230 e. The van der Waals surface area contributed by atoms with E-state index < -0.39 is 0 Å². The SMILES string of the molecule is O=C(CCOc1ccccc1)Nc1nc2ccccc2[nH]1. The van der Waals surface area contributed by atoms with Gasteiger partial charge in [-0.3, -0.25) is 10.1 Å². The number of nitrogens with one attached hydrogen (secondary N) is 2. The number of fused-ring (bicyclic) bond motifs is 1. The number of hydrogen-bond donors (Lipinski definition) is 2. The third kappa shape index (κ3) is 3.39. The number of aromatic amines is 1. The van der Waals surface area contributed by atoms with Crippen LogP contribution in [0.5, 0.6) is 5.75 Å². The average Bonchev–Trinajstić information content (AvgIpc) is 2.90. The van der Waals surface area contributed by atoms with E-state index in [0.717, 1.165) is 16.8 Å². The first kappa shape index (κ1) is 13.2. The van der Waals surface area contributed by atoms with Crippen LogP contribution >= 0.6 is 0 Å². The molecule has 0 aliphatic heterocycles. The van der Waals surface area contributed by atoms with Gasteiger partial charge in [-0.25, -0.2) is 4.98 Å². The maximum Gasteiger partial charge on any atom is 0.230 e. The Hall–Kier alpha value is -2.82. The average molecular weight is 281 g/mol. The summed E-state index contributed by atoms with van der Waals surface area (Å²) in [5, 5.41) is 2.73. The predicted octanol–water partition coefficient (Wildman–Crippen LogP) is 2.97. The van der Waals surface area contributed by atoms with Crippen LogP contribution in [0.4, 0.5) is 5.95 Å². The molecule has 2 N–H and O–H groups in total. The Balaban J connectivity index is 1.52. The summed E-state index contributed by atoms with van der Waals surface area (Å²) >= 11 is 0. The fourth-order valence-corrected chi connectivity index (χ4v) is 1.98. The first-order valence-electron chi connectivity index (χ1n) is 6.74. The lowest BCUT2D eigenvalue weighted by molar-refractivity contribution is -0.116. The molecule has 5 nitrogen and oxygen atoms in total. The molecule has 2 aromatic carbocycles. The number of benzene rings is 2. The molecule has 106 valence electrons. The van der Waals surface area contributed by atoms with Crippen LogP contribution in [-0.2, 0) is 4.79 Å². The number of H-pyrrole nitrogens is 1. The van der Waals surface area contributed by atoms with Crippen molar-refractivity contribution < 1.29 is 9.53 Å². The zero-order valence-corrected chi connectivity index (χ0v) is 11.4. The summed E-state index contributed by atoms with van der Waals surface area (Å²) in [5.74, 6) is 1.08. The van der Waals surface area contributed by atoms with Crippen molar-refractivity contribution >= 4 is 22.9 Å². The van der Waals surface area contributed by atoms with Gasteiger partial charge < -0.3 is 9.72 Å². The second kappa shape index (κ2) is 6.09. The number of carbonyl (C=O) groups excluding carboxylic acids is 1. The molecular formula is C16H15N3O2. The van der Waals surface area contributed by atoms with Crippen LogP contribution < -0.4 is 10.1 Å². The molecule has 0 aliphatic carbocycles. The van der Waals surface area contributed by atoms with Crippen molar-refractivity contribution in [3.63, 3.8) is 0 Å². The number of amides is 1. The molecule has 1 heterocycles. The van der Waals surface area contributed by atoms with Gasteiger partial charge in [0.2, 0.25) is 11.9 Å².